The molecule has 1 heterocycles. The molecule has 3 nitrogen and oxygen atoms in total. The van der Waals surface area contributed by atoms with Crippen molar-refractivity contribution >= 4 is 23.3 Å². The van der Waals surface area contributed by atoms with E-state index in [2.05, 4.69) is 11.4 Å². The fraction of sp³-hybridized carbons (Fsp3) is 0.278. The van der Waals surface area contributed by atoms with Gasteiger partial charge in [0.2, 0.25) is 0 Å². The standard InChI is InChI=1S/C18H19ClN2O/c19-16-9-7-14(8-10-16)11-12-20-18(22)21-13-3-5-15-4-1-2-6-17(15)21/h1-2,4,6-10H,3,5,11-13H2,(H,20,22). The predicted molar refractivity (Wildman–Crippen MR) is 90.7 cm³/mol. The predicted octanol–water partition coefficient (Wildman–Crippen LogP) is 4.04. The maximum Gasteiger partial charge on any atom is 0.321 e. The quantitative estimate of drug-likeness (QED) is 0.911. The number of nitrogens with zero attached hydrogens (tertiary/aromatic N) is 1. The van der Waals surface area contributed by atoms with E-state index in [-0.39, 0.29) is 6.03 Å². The highest BCUT2D eigenvalue weighted by Crippen LogP contribution is 2.26. The van der Waals surface area contributed by atoms with Crippen LogP contribution in [0.1, 0.15) is 17.5 Å². The minimum atomic E-state index is -0.0129. The van der Waals surface area contributed by atoms with Crippen molar-refractivity contribution in [3.8, 4) is 0 Å². The van der Waals surface area contributed by atoms with Gasteiger partial charge >= 0.3 is 6.03 Å². The summed E-state index contributed by atoms with van der Waals surface area (Å²) in [7, 11) is 0. The summed E-state index contributed by atoms with van der Waals surface area (Å²) in [4.78, 5) is 14.2. The van der Waals surface area contributed by atoms with Crippen molar-refractivity contribution in [1.82, 2.24) is 5.32 Å². The van der Waals surface area contributed by atoms with Gasteiger partial charge in [0.05, 0.1) is 0 Å². The normalized spacial score (nSPS) is 13.6. The van der Waals surface area contributed by atoms with E-state index >= 15 is 0 Å². The number of anilines is 1. The zero-order chi connectivity index (χ0) is 15.4. The van der Waals surface area contributed by atoms with Crippen molar-refractivity contribution in [1.29, 1.82) is 0 Å². The SMILES string of the molecule is O=C(NCCc1ccc(Cl)cc1)N1CCCc2ccccc21. The van der Waals surface area contributed by atoms with Crippen molar-refractivity contribution in [2.45, 2.75) is 19.3 Å². The highest BCUT2D eigenvalue weighted by Gasteiger charge is 2.21. The summed E-state index contributed by atoms with van der Waals surface area (Å²) in [5.74, 6) is 0. The zero-order valence-corrected chi connectivity index (χ0v) is 13.1. The first-order valence-corrected chi connectivity index (χ1v) is 7.99. The number of benzene rings is 2. The molecule has 0 saturated carbocycles. The molecule has 0 fully saturated rings. The summed E-state index contributed by atoms with van der Waals surface area (Å²) in [6.07, 6.45) is 2.87. The van der Waals surface area contributed by atoms with Crippen LogP contribution in [-0.4, -0.2) is 19.1 Å². The number of fused-ring (bicyclic) bond motifs is 1. The molecule has 2 aromatic rings. The smallest absolute Gasteiger partial charge is 0.321 e. The lowest BCUT2D eigenvalue weighted by Crippen LogP contribution is -2.43. The third-order valence-electron chi connectivity index (χ3n) is 3.96. The largest absolute Gasteiger partial charge is 0.337 e. The van der Waals surface area contributed by atoms with Gasteiger partial charge in [-0.05, 0) is 48.6 Å². The first-order chi connectivity index (χ1) is 10.7. The Morgan fingerprint density at radius 3 is 2.73 bits per heavy atom. The van der Waals surface area contributed by atoms with Crippen LogP contribution in [0, 0.1) is 0 Å². The molecule has 0 saturated heterocycles. The maximum atomic E-state index is 12.4. The van der Waals surface area contributed by atoms with E-state index in [0.29, 0.717) is 6.54 Å². The van der Waals surface area contributed by atoms with Crippen molar-refractivity contribution in [2.24, 2.45) is 0 Å². The van der Waals surface area contributed by atoms with E-state index in [1.807, 2.05) is 47.4 Å². The number of para-hydroxylation sites is 1. The fourth-order valence-corrected chi connectivity index (χ4v) is 2.93. The van der Waals surface area contributed by atoms with Gasteiger partial charge in [-0.3, -0.25) is 4.90 Å². The number of rotatable bonds is 3. The minimum absolute atomic E-state index is 0.0129. The topological polar surface area (TPSA) is 32.3 Å². The number of urea groups is 1. The Kier molecular flexibility index (Phi) is 4.64. The van der Waals surface area contributed by atoms with Gasteiger partial charge in [0, 0.05) is 23.8 Å². The maximum absolute atomic E-state index is 12.4. The highest BCUT2D eigenvalue weighted by molar-refractivity contribution is 6.30. The van der Waals surface area contributed by atoms with Crippen LogP contribution in [0.5, 0.6) is 0 Å². The molecule has 22 heavy (non-hydrogen) atoms. The third kappa shape index (κ3) is 3.42. The Morgan fingerprint density at radius 1 is 1.14 bits per heavy atom. The van der Waals surface area contributed by atoms with Gasteiger partial charge in [-0.2, -0.15) is 0 Å². The number of hydrogen-bond donors (Lipinski definition) is 1. The van der Waals surface area contributed by atoms with Crippen molar-refractivity contribution < 1.29 is 4.79 Å². The second-order valence-electron chi connectivity index (χ2n) is 5.49. The Balaban J connectivity index is 1.58. The summed E-state index contributed by atoms with van der Waals surface area (Å²) in [5.41, 5.74) is 3.46. The number of halogens is 1. The zero-order valence-electron chi connectivity index (χ0n) is 12.4. The Bertz CT molecular complexity index is 654. The van der Waals surface area contributed by atoms with Crippen molar-refractivity contribution in [2.75, 3.05) is 18.0 Å². The summed E-state index contributed by atoms with van der Waals surface area (Å²) in [6, 6.07) is 15.9. The van der Waals surface area contributed by atoms with E-state index in [9.17, 15) is 4.79 Å². The Morgan fingerprint density at radius 2 is 1.91 bits per heavy atom. The molecule has 4 heteroatoms. The molecule has 1 N–H and O–H groups in total. The summed E-state index contributed by atoms with van der Waals surface area (Å²) >= 11 is 5.87. The van der Waals surface area contributed by atoms with Gasteiger partial charge in [-0.15, -0.1) is 0 Å². The molecule has 0 aromatic heterocycles. The fourth-order valence-electron chi connectivity index (χ4n) is 2.80. The summed E-state index contributed by atoms with van der Waals surface area (Å²) < 4.78 is 0. The monoisotopic (exact) mass is 314 g/mol. The van der Waals surface area contributed by atoms with E-state index in [0.717, 1.165) is 36.5 Å². The van der Waals surface area contributed by atoms with Gasteiger partial charge in [-0.25, -0.2) is 4.79 Å². The molecule has 2 aromatic carbocycles. The number of carbonyl (C=O) groups is 1. The number of aryl methyl sites for hydroxylation is 1. The lowest BCUT2D eigenvalue weighted by Gasteiger charge is -2.29. The van der Waals surface area contributed by atoms with Crippen LogP contribution < -0.4 is 10.2 Å². The molecule has 0 unspecified atom stereocenters. The average Bonchev–Trinajstić information content (AvgIpc) is 2.56. The Labute approximate surface area is 135 Å². The molecule has 1 aliphatic rings. The number of nitrogens with one attached hydrogen (secondary N) is 1. The molecule has 0 aliphatic carbocycles. The van der Waals surface area contributed by atoms with Crippen molar-refractivity contribution in [3.05, 3.63) is 64.7 Å². The number of carbonyl (C=O) groups excluding carboxylic acids is 1. The first kappa shape index (κ1) is 14.9. The van der Waals surface area contributed by atoms with E-state index < -0.39 is 0 Å². The van der Waals surface area contributed by atoms with Crippen LogP contribution in [-0.2, 0) is 12.8 Å². The molecule has 3 rings (SSSR count). The third-order valence-corrected chi connectivity index (χ3v) is 4.21. The van der Waals surface area contributed by atoms with Gasteiger partial charge < -0.3 is 5.32 Å². The van der Waals surface area contributed by atoms with Gasteiger partial charge in [0.25, 0.3) is 0 Å². The molecule has 0 radical (unpaired) electrons. The van der Waals surface area contributed by atoms with Gasteiger partial charge in [-0.1, -0.05) is 41.9 Å². The summed E-state index contributed by atoms with van der Waals surface area (Å²) in [5, 5.41) is 3.74. The first-order valence-electron chi connectivity index (χ1n) is 7.62. The van der Waals surface area contributed by atoms with Crippen LogP contribution in [0.2, 0.25) is 5.02 Å². The average molecular weight is 315 g/mol. The van der Waals surface area contributed by atoms with Crippen LogP contribution >= 0.6 is 11.6 Å². The molecular weight excluding hydrogens is 296 g/mol. The molecule has 0 spiro atoms. The molecule has 2 amide bonds. The van der Waals surface area contributed by atoms with E-state index in [4.69, 9.17) is 11.6 Å². The summed E-state index contributed by atoms with van der Waals surface area (Å²) in [6.45, 7) is 1.41. The van der Waals surface area contributed by atoms with E-state index in [1.165, 1.54) is 11.1 Å². The lowest BCUT2D eigenvalue weighted by molar-refractivity contribution is 0.246. The lowest BCUT2D eigenvalue weighted by atomic mass is 10.0. The van der Waals surface area contributed by atoms with E-state index in [1.54, 1.807) is 0 Å². The number of amides is 2. The Hall–Kier alpha value is -2.00. The second-order valence-corrected chi connectivity index (χ2v) is 5.93. The van der Waals surface area contributed by atoms with Crippen LogP contribution in [0.3, 0.4) is 0 Å². The molecule has 1 aliphatic heterocycles. The van der Waals surface area contributed by atoms with Crippen molar-refractivity contribution in [3.63, 3.8) is 0 Å². The molecule has 0 atom stereocenters. The van der Waals surface area contributed by atoms with Crippen LogP contribution in [0.4, 0.5) is 10.5 Å². The highest BCUT2D eigenvalue weighted by atomic mass is 35.5. The molecule has 114 valence electrons. The van der Waals surface area contributed by atoms with Crippen LogP contribution in [0.25, 0.3) is 0 Å². The van der Waals surface area contributed by atoms with Gasteiger partial charge in [0.1, 0.15) is 0 Å². The van der Waals surface area contributed by atoms with Crippen LogP contribution in [0.15, 0.2) is 48.5 Å². The number of hydrogen-bond acceptors (Lipinski definition) is 1. The molecule has 0 bridgehead atoms. The second kappa shape index (κ2) is 6.84. The molecular formula is C18H19ClN2O. The minimum Gasteiger partial charge on any atom is -0.337 e. The van der Waals surface area contributed by atoms with Gasteiger partial charge in [0.15, 0.2) is 0 Å².